The lowest BCUT2D eigenvalue weighted by Gasteiger charge is -2.12. The number of rotatable bonds is 7. The van der Waals surface area contributed by atoms with Crippen molar-refractivity contribution in [1.29, 1.82) is 0 Å². The van der Waals surface area contributed by atoms with Crippen molar-refractivity contribution in [3.05, 3.63) is 33.9 Å². The first-order valence-corrected chi connectivity index (χ1v) is 7.61. The molecule has 1 aliphatic heterocycles. The van der Waals surface area contributed by atoms with E-state index < -0.39 is 11.0 Å². The first-order chi connectivity index (χ1) is 11.1. The zero-order valence-electron chi connectivity index (χ0n) is 13.0. The van der Waals surface area contributed by atoms with Gasteiger partial charge in [-0.1, -0.05) is 0 Å². The van der Waals surface area contributed by atoms with E-state index in [9.17, 15) is 14.9 Å². The van der Waals surface area contributed by atoms with Gasteiger partial charge in [0.15, 0.2) is 0 Å². The molecule has 1 aromatic rings. The maximum Gasteiger partial charge on any atom is 0.407 e. The highest BCUT2D eigenvalue weighted by atomic mass is 16.6. The quantitative estimate of drug-likeness (QED) is 0.586. The number of ether oxygens (including phenoxy) is 2. The molecule has 0 aliphatic carbocycles. The molecule has 1 atom stereocenters. The number of carbonyl (C=O) groups is 1. The molecule has 0 bridgehead atoms. The van der Waals surface area contributed by atoms with E-state index in [2.05, 4.69) is 10.6 Å². The van der Waals surface area contributed by atoms with Crippen molar-refractivity contribution in [2.24, 2.45) is 5.92 Å². The molecule has 1 aromatic carbocycles. The third kappa shape index (κ3) is 5.10. The molecular formula is C15H21N3O5. The Morgan fingerprint density at radius 2 is 2.35 bits per heavy atom. The van der Waals surface area contributed by atoms with Crippen molar-refractivity contribution < 1.29 is 19.2 Å². The SMILES string of the molecule is CCOc1cc([N+](=O)[O-])ccc1COC(=O)NC[C@H]1CCNC1. The number of nitrogens with one attached hydrogen (secondary N) is 2. The van der Waals surface area contributed by atoms with Gasteiger partial charge >= 0.3 is 6.09 Å². The van der Waals surface area contributed by atoms with Gasteiger partial charge in [-0.05, 0) is 38.4 Å². The molecule has 1 fully saturated rings. The number of carbonyl (C=O) groups excluding carboxylic acids is 1. The van der Waals surface area contributed by atoms with E-state index in [1.54, 1.807) is 6.92 Å². The molecular weight excluding hydrogens is 302 g/mol. The molecule has 1 saturated heterocycles. The number of nitro groups is 1. The van der Waals surface area contributed by atoms with Crippen LogP contribution in [0.5, 0.6) is 5.75 Å². The average Bonchev–Trinajstić information content (AvgIpc) is 3.05. The van der Waals surface area contributed by atoms with Crippen LogP contribution in [0.15, 0.2) is 18.2 Å². The molecule has 1 aliphatic rings. The highest BCUT2D eigenvalue weighted by Gasteiger charge is 2.16. The van der Waals surface area contributed by atoms with Crippen LogP contribution < -0.4 is 15.4 Å². The van der Waals surface area contributed by atoms with Crippen LogP contribution in [0.25, 0.3) is 0 Å². The van der Waals surface area contributed by atoms with Crippen LogP contribution >= 0.6 is 0 Å². The van der Waals surface area contributed by atoms with Gasteiger partial charge in [-0.25, -0.2) is 4.79 Å². The van der Waals surface area contributed by atoms with Crippen LogP contribution in [0, 0.1) is 16.0 Å². The molecule has 126 valence electrons. The summed E-state index contributed by atoms with van der Waals surface area (Å²) in [7, 11) is 0. The molecule has 23 heavy (non-hydrogen) atoms. The number of alkyl carbamates (subject to hydrolysis) is 1. The lowest BCUT2D eigenvalue weighted by Crippen LogP contribution is -2.30. The molecule has 2 N–H and O–H groups in total. The predicted molar refractivity (Wildman–Crippen MR) is 83.4 cm³/mol. The maximum atomic E-state index is 11.7. The van der Waals surface area contributed by atoms with E-state index in [0.29, 0.717) is 30.4 Å². The van der Waals surface area contributed by atoms with Crippen molar-refractivity contribution in [1.82, 2.24) is 10.6 Å². The Morgan fingerprint density at radius 3 is 3.00 bits per heavy atom. The third-order valence-electron chi connectivity index (χ3n) is 3.62. The molecule has 0 spiro atoms. The topological polar surface area (TPSA) is 103 Å². The zero-order chi connectivity index (χ0) is 16.7. The smallest absolute Gasteiger partial charge is 0.407 e. The van der Waals surface area contributed by atoms with Gasteiger partial charge in [-0.2, -0.15) is 0 Å². The summed E-state index contributed by atoms with van der Waals surface area (Å²) in [6, 6.07) is 4.24. The fraction of sp³-hybridized carbons (Fsp3) is 0.533. The van der Waals surface area contributed by atoms with E-state index >= 15 is 0 Å². The lowest BCUT2D eigenvalue weighted by molar-refractivity contribution is -0.385. The zero-order valence-corrected chi connectivity index (χ0v) is 13.0. The number of nitro benzene ring substituents is 1. The summed E-state index contributed by atoms with van der Waals surface area (Å²) >= 11 is 0. The molecule has 8 nitrogen and oxygen atoms in total. The van der Waals surface area contributed by atoms with E-state index in [-0.39, 0.29) is 12.3 Å². The van der Waals surface area contributed by atoms with E-state index in [1.165, 1.54) is 18.2 Å². The van der Waals surface area contributed by atoms with E-state index in [1.807, 2.05) is 0 Å². The molecule has 8 heteroatoms. The number of non-ortho nitro benzene ring substituents is 1. The minimum absolute atomic E-state index is 0.00206. The number of hydrogen-bond acceptors (Lipinski definition) is 6. The van der Waals surface area contributed by atoms with E-state index in [0.717, 1.165) is 19.5 Å². The van der Waals surface area contributed by atoms with Crippen LogP contribution in [0.2, 0.25) is 0 Å². The first-order valence-electron chi connectivity index (χ1n) is 7.61. The van der Waals surface area contributed by atoms with Gasteiger partial charge in [0.05, 0.1) is 17.6 Å². The average molecular weight is 323 g/mol. The summed E-state index contributed by atoms with van der Waals surface area (Å²) in [5.41, 5.74) is 0.533. The summed E-state index contributed by atoms with van der Waals surface area (Å²) in [4.78, 5) is 22.0. The Labute approximate surface area is 134 Å². The fourth-order valence-corrected chi connectivity index (χ4v) is 2.38. The molecule has 2 rings (SSSR count). The minimum Gasteiger partial charge on any atom is -0.493 e. The highest BCUT2D eigenvalue weighted by molar-refractivity contribution is 5.67. The van der Waals surface area contributed by atoms with Gasteiger partial charge in [0, 0.05) is 18.2 Å². The first kappa shape index (κ1) is 17.0. The van der Waals surface area contributed by atoms with Gasteiger partial charge in [0.25, 0.3) is 5.69 Å². The summed E-state index contributed by atoms with van der Waals surface area (Å²) in [6.45, 7) is 4.60. The summed E-state index contributed by atoms with van der Waals surface area (Å²) in [5, 5.41) is 16.7. The second-order valence-electron chi connectivity index (χ2n) is 5.30. The molecule has 1 heterocycles. The van der Waals surface area contributed by atoms with Crippen molar-refractivity contribution in [3.63, 3.8) is 0 Å². The van der Waals surface area contributed by atoms with Crippen LogP contribution in [0.3, 0.4) is 0 Å². The number of nitrogens with zero attached hydrogens (tertiary/aromatic N) is 1. The molecule has 0 saturated carbocycles. The van der Waals surface area contributed by atoms with Crippen molar-refractivity contribution >= 4 is 11.8 Å². The second kappa shape index (κ2) is 8.33. The summed E-state index contributed by atoms with van der Waals surface area (Å²) in [5.74, 6) is 0.787. The Morgan fingerprint density at radius 1 is 1.52 bits per heavy atom. The van der Waals surface area contributed by atoms with Crippen molar-refractivity contribution in [2.45, 2.75) is 20.0 Å². The molecule has 0 radical (unpaired) electrons. The largest absolute Gasteiger partial charge is 0.493 e. The Kier molecular flexibility index (Phi) is 6.16. The summed E-state index contributed by atoms with van der Waals surface area (Å²) in [6.07, 6.45) is 0.537. The second-order valence-corrected chi connectivity index (χ2v) is 5.30. The van der Waals surface area contributed by atoms with Gasteiger partial charge < -0.3 is 20.1 Å². The van der Waals surface area contributed by atoms with Gasteiger partial charge in [0.1, 0.15) is 12.4 Å². The number of hydrogen-bond donors (Lipinski definition) is 2. The molecule has 0 unspecified atom stereocenters. The summed E-state index contributed by atoms with van der Waals surface area (Å²) < 4.78 is 10.5. The number of amides is 1. The van der Waals surface area contributed by atoms with E-state index in [4.69, 9.17) is 9.47 Å². The normalized spacial score (nSPS) is 16.8. The Bertz CT molecular complexity index is 558. The standard InChI is InChI=1S/C15H21N3O5/c1-2-22-14-7-13(18(20)21)4-3-12(14)10-23-15(19)17-9-11-5-6-16-8-11/h3-4,7,11,16H,2,5-6,8-10H2,1H3,(H,17,19)/t11-/m0/s1. The van der Waals surface area contributed by atoms with Gasteiger partial charge in [-0.3, -0.25) is 10.1 Å². The van der Waals surface area contributed by atoms with Gasteiger partial charge in [0.2, 0.25) is 0 Å². The van der Waals surface area contributed by atoms with Crippen LogP contribution in [-0.4, -0.2) is 37.3 Å². The number of benzene rings is 1. The Hall–Kier alpha value is -2.35. The fourth-order valence-electron chi connectivity index (χ4n) is 2.38. The van der Waals surface area contributed by atoms with Crippen molar-refractivity contribution in [3.8, 4) is 5.75 Å². The highest BCUT2D eigenvalue weighted by Crippen LogP contribution is 2.25. The minimum atomic E-state index is -0.502. The monoisotopic (exact) mass is 323 g/mol. The molecule has 1 amide bonds. The van der Waals surface area contributed by atoms with Crippen LogP contribution in [0.1, 0.15) is 18.9 Å². The maximum absolute atomic E-state index is 11.7. The van der Waals surface area contributed by atoms with Crippen LogP contribution in [0.4, 0.5) is 10.5 Å². The Balaban J connectivity index is 1.88. The lowest BCUT2D eigenvalue weighted by atomic mass is 10.1. The predicted octanol–water partition coefficient (Wildman–Crippen LogP) is 1.83. The van der Waals surface area contributed by atoms with Gasteiger partial charge in [-0.15, -0.1) is 0 Å². The third-order valence-corrected chi connectivity index (χ3v) is 3.62. The van der Waals surface area contributed by atoms with Crippen LogP contribution in [-0.2, 0) is 11.3 Å². The van der Waals surface area contributed by atoms with Crippen molar-refractivity contribution in [2.75, 3.05) is 26.2 Å². The molecule has 0 aromatic heterocycles.